The Bertz CT molecular complexity index is 652. The molecule has 0 radical (unpaired) electrons. The van der Waals surface area contributed by atoms with Gasteiger partial charge in [0, 0.05) is 13.5 Å². The lowest BCUT2D eigenvalue weighted by molar-refractivity contribution is -0.0926. The molecule has 0 unspecified atom stereocenters. The highest BCUT2D eigenvalue weighted by Crippen LogP contribution is 2.20. The third kappa shape index (κ3) is 7.12. The predicted molar refractivity (Wildman–Crippen MR) is 108 cm³/mol. The first-order valence-corrected chi connectivity index (χ1v) is 10.3. The lowest BCUT2D eigenvalue weighted by Crippen LogP contribution is -2.24. The fraction of sp³-hybridized carbons (Fsp3) is 0.565. The van der Waals surface area contributed by atoms with Crippen molar-refractivity contribution in [3.8, 4) is 0 Å². The second kappa shape index (κ2) is 12.3. The van der Waals surface area contributed by atoms with Crippen molar-refractivity contribution >= 4 is 11.9 Å². The molecule has 0 saturated heterocycles. The summed E-state index contributed by atoms with van der Waals surface area (Å²) in [6.45, 7) is 2.18. The van der Waals surface area contributed by atoms with E-state index in [1.54, 1.807) is 24.3 Å². The van der Waals surface area contributed by atoms with Crippen LogP contribution in [-0.4, -0.2) is 31.4 Å². The van der Waals surface area contributed by atoms with Crippen molar-refractivity contribution in [1.29, 1.82) is 0 Å². The van der Waals surface area contributed by atoms with E-state index < -0.39 is 18.2 Å². The molecule has 154 valence electrons. The maximum atomic E-state index is 12.8. The first-order valence-electron chi connectivity index (χ1n) is 10.3. The number of esters is 2. The highest BCUT2D eigenvalue weighted by Gasteiger charge is 2.24. The van der Waals surface area contributed by atoms with Crippen molar-refractivity contribution in [3.63, 3.8) is 0 Å². The number of hydrogen-bond acceptors (Lipinski definition) is 5. The van der Waals surface area contributed by atoms with Crippen LogP contribution in [0.1, 0.15) is 85.4 Å². The molecule has 1 aromatic carbocycles. The Balaban J connectivity index is 2.18. The second-order valence-electron chi connectivity index (χ2n) is 7.12. The van der Waals surface area contributed by atoms with Gasteiger partial charge in [-0.1, -0.05) is 50.5 Å². The van der Waals surface area contributed by atoms with Crippen LogP contribution in [0.5, 0.6) is 0 Å². The van der Waals surface area contributed by atoms with Gasteiger partial charge in [-0.15, -0.1) is 0 Å². The number of benzene rings is 1. The average molecular weight is 389 g/mol. The van der Waals surface area contributed by atoms with E-state index in [2.05, 4.69) is 19.1 Å². The maximum Gasteiger partial charge on any atom is 0.341 e. The topological polar surface area (TPSA) is 61.8 Å². The summed E-state index contributed by atoms with van der Waals surface area (Å²) in [6, 6.07) is 6.64. The number of carbonyl (C=O) groups is 2. The van der Waals surface area contributed by atoms with E-state index in [-0.39, 0.29) is 17.2 Å². The molecule has 0 amide bonds. The van der Waals surface area contributed by atoms with E-state index in [1.807, 2.05) is 0 Å². The molecular weight excluding hydrogens is 356 g/mol. The standard InChI is InChI=1S/C23H32O5/c1-3-4-5-8-13-18-14-9-6-7-10-17-21(26-2)28-23(25)20-16-12-11-15-19(20)22(24)27-18/h6-7,11-12,15-16,18,21H,3-5,8-10,13-14,17H2,1-2H3/b7-6-/t18-,21-/m1/s1. The van der Waals surface area contributed by atoms with E-state index >= 15 is 0 Å². The smallest absolute Gasteiger partial charge is 0.341 e. The van der Waals surface area contributed by atoms with Gasteiger partial charge in [0.15, 0.2) is 0 Å². The van der Waals surface area contributed by atoms with Gasteiger partial charge in [0.2, 0.25) is 6.29 Å². The van der Waals surface area contributed by atoms with Gasteiger partial charge >= 0.3 is 11.9 Å². The van der Waals surface area contributed by atoms with Gasteiger partial charge in [0.25, 0.3) is 0 Å². The number of carbonyl (C=O) groups excluding carboxylic acids is 2. The Kier molecular flexibility index (Phi) is 9.77. The second-order valence-corrected chi connectivity index (χ2v) is 7.12. The summed E-state index contributed by atoms with van der Waals surface area (Å²) in [5.74, 6) is -1.04. The number of allylic oxidation sites excluding steroid dienone is 2. The van der Waals surface area contributed by atoms with Gasteiger partial charge in [-0.3, -0.25) is 0 Å². The van der Waals surface area contributed by atoms with Gasteiger partial charge < -0.3 is 14.2 Å². The number of rotatable bonds is 6. The molecule has 5 nitrogen and oxygen atoms in total. The summed E-state index contributed by atoms with van der Waals surface area (Å²) in [5.41, 5.74) is 0.459. The van der Waals surface area contributed by atoms with Crippen molar-refractivity contribution in [2.24, 2.45) is 0 Å². The van der Waals surface area contributed by atoms with Crippen LogP contribution in [0, 0.1) is 0 Å². The van der Waals surface area contributed by atoms with Crippen molar-refractivity contribution in [3.05, 3.63) is 47.5 Å². The van der Waals surface area contributed by atoms with Gasteiger partial charge in [0.05, 0.1) is 11.1 Å². The van der Waals surface area contributed by atoms with Crippen LogP contribution < -0.4 is 0 Å². The minimum atomic E-state index is -0.643. The Morgan fingerprint density at radius 3 is 2.21 bits per heavy atom. The van der Waals surface area contributed by atoms with Crippen molar-refractivity contribution in [2.75, 3.05) is 7.11 Å². The molecule has 1 aliphatic rings. The molecule has 0 aromatic heterocycles. The monoisotopic (exact) mass is 388 g/mol. The van der Waals surface area contributed by atoms with Crippen molar-refractivity contribution in [2.45, 2.75) is 77.1 Å². The van der Waals surface area contributed by atoms with Gasteiger partial charge in [-0.2, -0.15) is 0 Å². The van der Waals surface area contributed by atoms with Crippen LogP contribution in [0.25, 0.3) is 0 Å². The zero-order valence-electron chi connectivity index (χ0n) is 17.0. The zero-order valence-corrected chi connectivity index (χ0v) is 17.0. The molecule has 0 bridgehead atoms. The molecule has 28 heavy (non-hydrogen) atoms. The lowest BCUT2D eigenvalue weighted by atomic mass is 10.0. The van der Waals surface area contributed by atoms with Crippen LogP contribution in [0.3, 0.4) is 0 Å². The van der Waals surface area contributed by atoms with E-state index in [0.29, 0.717) is 6.42 Å². The number of methoxy groups -OCH3 is 1. The first-order chi connectivity index (χ1) is 13.7. The third-order valence-electron chi connectivity index (χ3n) is 4.91. The largest absolute Gasteiger partial charge is 0.459 e. The lowest BCUT2D eigenvalue weighted by Gasteiger charge is -2.20. The van der Waals surface area contributed by atoms with Crippen LogP contribution in [0.2, 0.25) is 0 Å². The highest BCUT2D eigenvalue weighted by molar-refractivity contribution is 6.03. The summed E-state index contributed by atoms with van der Waals surface area (Å²) in [4.78, 5) is 25.4. The Hall–Kier alpha value is -2.14. The van der Waals surface area contributed by atoms with Crippen LogP contribution >= 0.6 is 0 Å². The predicted octanol–water partition coefficient (Wildman–Crippen LogP) is 5.44. The quantitative estimate of drug-likeness (QED) is 0.369. The summed E-state index contributed by atoms with van der Waals surface area (Å²) in [5, 5.41) is 0. The molecule has 1 aromatic rings. The number of fused-ring (bicyclic) bond motifs is 1. The Labute approximate surface area is 168 Å². The number of hydrogen-bond donors (Lipinski definition) is 0. The van der Waals surface area contributed by atoms with Crippen LogP contribution in [0.4, 0.5) is 0 Å². The average Bonchev–Trinajstić information content (AvgIpc) is 2.71. The summed E-state index contributed by atoms with van der Waals surface area (Å²) in [6.07, 6.45) is 11.7. The fourth-order valence-electron chi connectivity index (χ4n) is 3.27. The van der Waals surface area contributed by atoms with Crippen LogP contribution in [-0.2, 0) is 14.2 Å². The Morgan fingerprint density at radius 2 is 1.57 bits per heavy atom. The summed E-state index contributed by atoms with van der Waals surface area (Å²) >= 11 is 0. The first kappa shape index (κ1) is 22.2. The zero-order chi connectivity index (χ0) is 20.2. The van der Waals surface area contributed by atoms with Gasteiger partial charge in [0.1, 0.15) is 6.10 Å². The molecule has 2 atom stereocenters. The van der Waals surface area contributed by atoms with Gasteiger partial charge in [-0.25, -0.2) is 9.59 Å². The van der Waals surface area contributed by atoms with Gasteiger partial charge in [-0.05, 0) is 44.2 Å². The summed E-state index contributed by atoms with van der Waals surface area (Å²) < 4.78 is 16.5. The molecule has 5 heteroatoms. The molecule has 0 fully saturated rings. The number of unbranched alkanes of at least 4 members (excludes halogenated alkanes) is 3. The molecular formula is C23H32O5. The summed E-state index contributed by atoms with van der Waals surface area (Å²) in [7, 11) is 1.51. The van der Waals surface area contributed by atoms with Crippen molar-refractivity contribution < 1.29 is 23.8 Å². The van der Waals surface area contributed by atoms with Crippen molar-refractivity contribution in [1.82, 2.24) is 0 Å². The van der Waals surface area contributed by atoms with E-state index in [1.165, 1.54) is 20.0 Å². The van der Waals surface area contributed by atoms with E-state index in [4.69, 9.17) is 14.2 Å². The normalized spacial score (nSPS) is 22.5. The third-order valence-corrected chi connectivity index (χ3v) is 4.91. The molecule has 0 N–H and O–H groups in total. The number of cyclic esters (lactones) is 2. The minimum absolute atomic E-state index is 0.146. The minimum Gasteiger partial charge on any atom is -0.459 e. The molecule has 1 aliphatic heterocycles. The SMILES string of the molecule is CCCCCC[C@@H]1CC/C=C\CC[C@H](OC)OC(=O)c2ccccc2C(=O)O1. The van der Waals surface area contributed by atoms with Crippen LogP contribution in [0.15, 0.2) is 36.4 Å². The Morgan fingerprint density at radius 1 is 0.929 bits per heavy atom. The van der Waals surface area contributed by atoms with E-state index in [0.717, 1.165) is 38.5 Å². The number of ether oxygens (including phenoxy) is 3. The molecule has 0 spiro atoms. The van der Waals surface area contributed by atoms with E-state index in [9.17, 15) is 9.59 Å². The molecule has 1 heterocycles. The highest BCUT2D eigenvalue weighted by atomic mass is 16.7. The molecule has 0 aliphatic carbocycles. The fourth-order valence-corrected chi connectivity index (χ4v) is 3.27. The maximum absolute atomic E-state index is 12.8. The molecule has 0 saturated carbocycles. The molecule has 2 rings (SSSR count).